The van der Waals surface area contributed by atoms with Crippen molar-refractivity contribution < 1.29 is 4.42 Å². The van der Waals surface area contributed by atoms with Gasteiger partial charge in [0, 0.05) is 0 Å². The van der Waals surface area contributed by atoms with Crippen molar-refractivity contribution in [3.8, 4) is 0 Å². The predicted octanol–water partition coefficient (Wildman–Crippen LogP) is 2.02. The lowest BCUT2D eigenvalue weighted by Gasteiger charge is -2.02. The maximum atomic E-state index is 5.82. The summed E-state index contributed by atoms with van der Waals surface area (Å²) in [5, 5.41) is 4.16. The molecule has 2 heterocycles. The van der Waals surface area contributed by atoms with E-state index < -0.39 is 0 Å². The minimum absolute atomic E-state index is 0.591. The first-order valence-corrected chi connectivity index (χ1v) is 5.26. The first kappa shape index (κ1) is 9.57. The highest BCUT2D eigenvalue weighted by atomic mass is 127. The van der Waals surface area contributed by atoms with Crippen molar-refractivity contribution in [2.45, 2.75) is 13.5 Å². The summed E-state index contributed by atoms with van der Waals surface area (Å²) in [6, 6.07) is 1.93. The molecule has 0 aromatic carbocycles. The van der Waals surface area contributed by atoms with Crippen LogP contribution in [0.2, 0.25) is 0 Å². The molecule has 0 radical (unpaired) electrons. The highest BCUT2D eigenvalue weighted by Crippen LogP contribution is 2.16. The number of nitrogens with zero attached hydrogens (tertiary/aromatic N) is 2. The van der Waals surface area contributed by atoms with Crippen LogP contribution in [0.3, 0.4) is 0 Å². The van der Waals surface area contributed by atoms with E-state index in [2.05, 4.69) is 27.7 Å². The Kier molecular flexibility index (Phi) is 2.49. The van der Waals surface area contributed by atoms with Crippen LogP contribution in [0, 0.1) is 10.5 Å². The first-order chi connectivity index (χ1) is 6.68. The topological polar surface area (TPSA) is 57.0 Å². The lowest BCUT2D eigenvalue weighted by molar-refractivity contribution is 0.479. The fourth-order valence-electron chi connectivity index (χ4n) is 1.20. The Balaban J connectivity index is 2.27. The van der Waals surface area contributed by atoms with Crippen LogP contribution in [-0.4, -0.2) is 9.78 Å². The Morgan fingerprint density at radius 3 is 2.93 bits per heavy atom. The van der Waals surface area contributed by atoms with Crippen LogP contribution < -0.4 is 5.73 Å². The molecule has 4 nitrogen and oxygen atoms in total. The smallest absolute Gasteiger partial charge is 0.135 e. The lowest BCUT2D eigenvalue weighted by atomic mass is 10.3. The number of nitrogen functional groups attached to an aromatic ring is 1. The van der Waals surface area contributed by atoms with Gasteiger partial charge in [-0.1, -0.05) is 0 Å². The fraction of sp³-hybridized carbons (Fsp3) is 0.222. The van der Waals surface area contributed by atoms with E-state index in [9.17, 15) is 0 Å². The summed E-state index contributed by atoms with van der Waals surface area (Å²) in [7, 11) is 0. The molecule has 5 heteroatoms. The summed E-state index contributed by atoms with van der Waals surface area (Å²) in [6.07, 6.45) is 3.42. The molecule has 2 rings (SSSR count). The standard InChI is InChI=1S/C9H10IN3O/c1-6-2-3-14-8(6)5-13-9(11)7(10)4-12-13/h2-4H,5,11H2,1H3. The van der Waals surface area contributed by atoms with E-state index in [1.165, 1.54) is 0 Å². The van der Waals surface area contributed by atoms with E-state index in [4.69, 9.17) is 10.2 Å². The monoisotopic (exact) mass is 303 g/mol. The molecular formula is C9H10IN3O. The molecule has 0 spiro atoms. The number of anilines is 1. The Bertz CT molecular complexity index is 447. The van der Waals surface area contributed by atoms with Gasteiger partial charge in [-0.25, -0.2) is 4.68 Å². The number of hydrogen-bond donors (Lipinski definition) is 1. The Morgan fingerprint density at radius 2 is 2.43 bits per heavy atom. The summed E-state index contributed by atoms with van der Waals surface area (Å²) < 4.78 is 8.01. The predicted molar refractivity (Wildman–Crippen MR) is 61.9 cm³/mol. The van der Waals surface area contributed by atoms with Crippen molar-refractivity contribution in [3.63, 3.8) is 0 Å². The van der Waals surface area contributed by atoms with E-state index >= 15 is 0 Å². The molecule has 2 aromatic heterocycles. The van der Waals surface area contributed by atoms with Crippen LogP contribution in [0.5, 0.6) is 0 Å². The van der Waals surface area contributed by atoms with Crippen molar-refractivity contribution in [1.82, 2.24) is 9.78 Å². The number of hydrogen-bond acceptors (Lipinski definition) is 3. The molecule has 0 saturated heterocycles. The third-order valence-corrected chi connectivity index (χ3v) is 2.93. The molecule has 0 aliphatic rings. The van der Waals surface area contributed by atoms with E-state index in [0.29, 0.717) is 12.4 Å². The fourth-order valence-corrected chi connectivity index (χ4v) is 1.60. The SMILES string of the molecule is Cc1ccoc1Cn1ncc(I)c1N. The first-order valence-electron chi connectivity index (χ1n) is 4.18. The maximum Gasteiger partial charge on any atom is 0.135 e. The maximum absolute atomic E-state index is 5.82. The molecule has 2 aromatic rings. The molecule has 74 valence electrons. The van der Waals surface area contributed by atoms with Crippen molar-refractivity contribution in [2.24, 2.45) is 0 Å². The van der Waals surface area contributed by atoms with Crippen LogP contribution in [-0.2, 0) is 6.54 Å². The van der Waals surface area contributed by atoms with Crippen molar-refractivity contribution >= 4 is 28.4 Å². The van der Waals surface area contributed by atoms with Crippen molar-refractivity contribution in [1.29, 1.82) is 0 Å². The number of rotatable bonds is 2. The highest BCUT2D eigenvalue weighted by molar-refractivity contribution is 14.1. The molecule has 0 amide bonds. The number of halogens is 1. The third kappa shape index (κ3) is 1.63. The molecular weight excluding hydrogens is 293 g/mol. The summed E-state index contributed by atoms with van der Waals surface area (Å²) in [5.74, 6) is 1.58. The van der Waals surface area contributed by atoms with Crippen LogP contribution >= 0.6 is 22.6 Å². The van der Waals surface area contributed by atoms with Crippen LogP contribution in [0.25, 0.3) is 0 Å². The van der Waals surface area contributed by atoms with Crippen LogP contribution in [0.1, 0.15) is 11.3 Å². The normalized spacial score (nSPS) is 10.7. The van der Waals surface area contributed by atoms with Gasteiger partial charge in [0.25, 0.3) is 0 Å². The van der Waals surface area contributed by atoms with Crippen molar-refractivity contribution in [3.05, 3.63) is 33.4 Å². The Labute approximate surface area is 95.2 Å². The van der Waals surface area contributed by atoms with E-state index in [0.717, 1.165) is 14.9 Å². The van der Waals surface area contributed by atoms with E-state index in [1.54, 1.807) is 17.1 Å². The van der Waals surface area contributed by atoms with Gasteiger partial charge in [0.2, 0.25) is 0 Å². The average Bonchev–Trinajstić information content (AvgIpc) is 2.68. The minimum atomic E-state index is 0.591. The zero-order valence-corrected chi connectivity index (χ0v) is 9.85. The highest BCUT2D eigenvalue weighted by Gasteiger charge is 2.08. The molecule has 0 aliphatic heterocycles. The number of nitrogens with two attached hydrogens (primary N) is 1. The number of aromatic nitrogens is 2. The molecule has 0 fully saturated rings. The molecule has 14 heavy (non-hydrogen) atoms. The molecule has 0 aliphatic carbocycles. The minimum Gasteiger partial charge on any atom is -0.467 e. The zero-order chi connectivity index (χ0) is 10.1. The summed E-state index contributed by atoms with van der Waals surface area (Å²) in [4.78, 5) is 0. The molecule has 0 unspecified atom stereocenters. The summed E-state index contributed by atoms with van der Waals surface area (Å²) in [5.41, 5.74) is 6.94. The Morgan fingerprint density at radius 1 is 1.64 bits per heavy atom. The van der Waals surface area contributed by atoms with Gasteiger partial charge in [0.15, 0.2) is 0 Å². The molecule has 0 bridgehead atoms. The Hall–Kier alpha value is -0.980. The zero-order valence-electron chi connectivity index (χ0n) is 7.70. The number of aryl methyl sites for hydroxylation is 1. The van der Waals surface area contributed by atoms with Gasteiger partial charge in [0.05, 0.1) is 16.0 Å². The van der Waals surface area contributed by atoms with Gasteiger partial charge >= 0.3 is 0 Å². The lowest BCUT2D eigenvalue weighted by Crippen LogP contribution is -2.06. The largest absolute Gasteiger partial charge is 0.467 e. The van der Waals surface area contributed by atoms with Gasteiger partial charge in [-0.15, -0.1) is 0 Å². The van der Waals surface area contributed by atoms with Crippen molar-refractivity contribution in [2.75, 3.05) is 5.73 Å². The second kappa shape index (κ2) is 3.64. The summed E-state index contributed by atoms with van der Waals surface area (Å²) >= 11 is 2.16. The van der Waals surface area contributed by atoms with Crippen LogP contribution in [0.4, 0.5) is 5.82 Å². The van der Waals surface area contributed by atoms with Gasteiger partial charge in [-0.05, 0) is 41.1 Å². The molecule has 2 N–H and O–H groups in total. The quantitative estimate of drug-likeness (QED) is 0.864. The average molecular weight is 303 g/mol. The summed E-state index contributed by atoms with van der Waals surface area (Å²) in [6.45, 7) is 2.59. The van der Waals surface area contributed by atoms with Gasteiger partial charge in [0.1, 0.15) is 18.1 Å². The molecule has 0 saturated carbocycles. The van der Waals surface area contributed by atoms with Gasteiger partial charge in [-0.3, -0.25) is 0 Å². The number of furan rings is 1. The van der Waals surface area contributed by atoms with Gasteiger partial charge in [-0.2, -0.15) is 5.10 Å². The second-order valence-electron chi connectivity index (χ2n) is 3.06. The van der Waals surface area contributed by atoms with E-state index in [1.807, 2.05) is 13.0 Å². The van der Waals surface area contributed by atoms with Gasteiger partial charge < -0.3 is 10.2 Å². The third-order valence-electron chi connectivity index (χ3n) is 2.09. The second-order valence-corrected chi connectivity index (χ2v) is 4.22. The van der Waals surface area contributed by atoms with Crippen LogP contribution in [0.15, 0.2) is 22.9 Å². The van der Waals surface area contributed by atoms with E-state index in [-0.39, 0.29) is 0 Å². The molecule has 0 atom stereocenters.